The van der Waals surface area contributed by atoms with E-state index in [0.29, 0.717) is 38.0 Å². The summed E-state index contributed by atoms with van der Waals surface area (Å²) in [7, 11) is -3.49. The predicted octanol–water partition coefficient (Wildman–Crippen LogP) is 2.71. The monoisotopic (exact) mass is 434 g/mol. The zero-order valence-electron chi connectivity index (χ0n) is 17.1. The number of benzene rings is 2. The SMILES string of the molecule is Cc1nc2c3ccccc3nc(N3CCN(S(=O)(=O)/C=C/c4ccccc4)CC3)n2n1. The van der Waals surface area contributed by atoms with Crippen LogP contribution in [0.1, 0.15) is 11.4 Å². The number of rotatable bonds is 4. The summed E-state index contributed by atoms with van der Waals surface area (Å²) in [6.45, 7) is 3.67. The molecule has 0 unspecified atom stereocenters. The lowest BCUT2D eigenvalue weighted by Gasteiger charge is -2.33. The van der Waals surface area contributed by atoms with E-state index in [-0.39, 0.29) is 0 Å². The van der Waals surface area contributed by atoms with Gasteiger partial charge in [0.1, 0.15) is 5.82 Å². The van der Waals surface area contributed by atoms with Gasteiger partial charge in [0.2, 0.25) is 16.0 Å². The van der Waals surface area contributed by atoms with Crippen molar-refractivity contribution in [3.8, 4) is 0 Å². The van der Waals surface area contributed by atoms with Crippen LogP contribution in [0, 0.1) is 6.92 Å². The average Bonchev–Trinajstić information content (AvgIpc) is 3.20. The smallest absolute Gasteiger partial charge is 0.236 e. The molecule has 0 N–H and O–H groups in total. The molecule has 2 aromatic carbocycles. The van der Waals surface area contributed by atoms with Crippen molar-refractivity contribution >= 4 is 38.6 Å². The van der Waals surface area contributed by atoms with E-state index in [4.69, 9.17) is 4.98 Å². The van der Waals surface area contributed by atoms with Crippen LogP contribution in [0.25, 0.3) is 22.6 Å². The van der Waals surface area contributed by atoms with E-state index in [1.54, 1.807) is 10.6 Å². The van der Waals surface area contributed by atoms with Gasteiger partial charge < -0.3 is 4.90 Å². The molecule has 0 spiro atoms. The van der Waals surface area contributed by atoms with Gasteiger partial charge in [-0.3, -0.25) is 0 Å². The Morgan fingerprint density at radius 3 is 2.39 bits per heavy atom. The van der Waals surface area contributed by atoms with Gasteiger partial charge in [-0.25, -0.2) is 18.4 Å². The minimum absolute atomic E-state index is 0.380. The van der Waals surface area contributed by atoms with Crippen molar-refractivity contribution in [3.63, 3.8) is 0 Å². The topological polar surface area (TPSA) is 83.7 Å². The molecular formula is C22H22N6O2S. The minimum atomic E-state index is -3.49. The molecule has 0 aliphatic carbocycles. The van der Waals surface area contributed by atoms with Crippen molar-refractivity contribution in [1.82, 2.24) is 23.9 Å². The lowest BCUT2D eigenvalue weighted by Crippen LogP contribution is -2.49. The summed E-state index contributed by atoms with van der Waals surface area (Å²) in [6, 6.07) is 17.3. The second kappa shape index (κ2) is 7.75. The lowest BCUT2D eigenvalue weighted by molar-refractivity contribution is 0.386. The van der Waals surface area contributed by atoms with Crippen LogP contribution in [0.2, 0.25) is 0 Å². The molecule has 9 heteroatoms. The fourth-order valence-corrected chi connectivity index (χ4v) is 4.98. The molecule has 4 aromatic rings. The highest BCUT2D eigenvalue weighted by atomic mass is 32.2. The molecule has 31 heavy (non-hydrogen) atoms. The van der Waals surface area contributed by atoms with Gasteiger partial charge in [0, 0.05) is 37.0 Å². The Kier molecular flexibility index (Phi) is 4.91. The van der Waals surface area contributed by atoms with Crippen LogP contribution in [0.4, 0.5) is 5.95 Å². The molecular weight excluding hydrogens is 412 g/mol. The molecule has 1 aliphatic heterocycles. The zero-order valence-corrected chi connectivity index (χ0v) is 17.9. The number of anilines is 1. The molecule has 1 saturated heterocycles. The van der Waals surface area contributed by atoms with E-state index in [9.17, 15) is 8.42 Å². The van der Waals surface area contributed by atoms with Crippen LogP contribution >= 0.6 is 0 Å². The Hall–Kier alpha value is -3.30. The summed E-state index contributed by atoms with van der Waals surface area (Å²) >= 11 is 0. The maximum atomic E-state index is 12.8. The number of hydrogen-bond donors (Lipinski definition) is 0. The highest BCUT2D eigenvalue weighted by Gasteiger charge is 2.27. The summed E-state index contributed by atoms with van der Waals surface area (Å²) in [5, 5.41) is 6.75. The maximum absolute atomic E-state index is 12.8. The molecule has 0 atom stereocenters. The van der Waals surface area contributed by atoms with Gasteiger partial charge >= 0.3 is 0 Å². The van der Waals surface area contributed by atoms with Crippen LogP contribution < -0.4 is 4.90 Å². The predicted molar refractivity (Wildman–Crippen MR) is 121 cm³/mol. The summed E-state index contributed by atoms with van der Waals surface area (Å²) < 4.78 is 28.8. The number of fused-ring (bicyclic) bond motifs is 3. The van der Waals surface area contributed by atoms with Crippen molar-refractivity contribution in [2.75, 3.05) is 31.1 Å². The highest BCUT2D eigenvalue weighted by molar-refractivity contribution is 7.92. The quantitative estimate of drug-likeness (QED) is 0.491. The molecule has 0 radical (unpaired) electrons. The third kappa shape index (κ3) is 3.77. The van der Waals surface area contributed by atoms with Crippen LogP contribution in [0.5, 0.6) is 0 Å². The first kappa shape index (κ1) is 19.7. The molecule has 0 amide bonds. The van der Waals surface area contributed by atoms with E-state index < -0.39 is 10.0 Å². The molecule has 2 aromatic heterocycles. The Morgan fingerprint density at radius 1 is 0.903 bits per heavy atom. The van der Waals surface area contributed by atoms with Gasteiger partial charge in [-0.15, -0.1) is 5.10 Å². The van der Waals surface area contributed by atoms with E-state index in [2.05, 4.69) is 15.0 Å². The summed E-state index contributed by atoms with van der Waals surface area (Å²) in [5.41, 5.74) is 2.46. The zero-order chi connectivity index (χ0) is 21.4. The van der Waals surface area contributed by atoms with Gasteiger partial charge in [0.15, 0.2) is 5.65 Å². The highest BCUT2D eigenvalue weighted by Crippen LogP contribution is 2.24. The first-order valence-corrected chi connectivity index (χ1v) is 11.6. The van der Waals surface area contributed by atoms with E-state index in [1.807, 2.05) is 61.5 Å². The Bertz CT molecular complexity index is 1370. The van der Waals surface area contributed by atoms with E-state index in [0.717, 1.165) is 22.1 Å². The van der Waals surface area contributed by atoms with E-state index in [1.165, 1.54) is 9.71 Å². The average molecular weight is 435 g/mol. The van der Waals surface area contributed by atoms with Crippen LogP contribution in [-0.2, 0) is 10.0 Å². The second-order valence-electron chi connectivity index (χ2n) is 7.47. The normalized spacial score (nSPS) is 16.0. The number of piperazine rings is 1. The van der Waals surface area contributed by atoms with Crippen molar-refractivity contribution < 1.29 is 8.42 Å². The number of aryl methyl sites for hydroxylation is 1. The first-order valence-electron chi connectivity index (χ1n) is 10.1. The van der Waals surface area contributed by atoms with Crippen molar-refractivity contribution in [1.29, 1.82) is 0 Å². The van der Waals surface area contributed by atoms with Crippen molar-refractivity contribution in [3.05, 3.63) is 71.4 Å². The molecule has 1 aliphatic rings. The molecule has 8 nitrogen and oxygen atoms in total. The maximum Gasteiger partial charge on any atom is 0.236 e. The second-order valence-corrected chi connectivity index (χ2v) is 9.29. The molecule has 0 bridgehead atoms. The van der Waals surface area contributed by atoms with Gasteiger partial charge in [-0.05, 0) is 30.7 Å². The largest absolute Gasteiger partial charge is 0.338 e. The number of sulfonamides is 1. The van der Waals surface area contributed by atoms with Crippen LogP contribution in [0.15, 0.2) is 60.0 Å². The number of aromatic nitrogens is 4. The standard InChI is InChI=1S/C22H22N6O2S/c1-17-23-21-19-9-5-6-10-20(19)24-22(28(21)25-17)26-12-14-27(15-13-26)31(29,30)16-11-18-7-3-2-4-8-18/h2-11,16H,12-15H2,1H3/b16-11+. The number of hydrogen-bond acceptors (Lipinski definition) is 6. The van der Waals surface area contributed by atoms with Crippen LogP contribution in [0.3, 0.4) is 0 Å². The van der Waals surface area contributed by atoms with Crippen molar-refractivity contribution in [2.45, 2.75) is 6.92 Å². The van der Waals surface area contributed by atoms with Crippen LogP contribution in [-0.4, -0.2) is 58.5 Å². The Balaban J connectivity index is 1.39. The Labute approximate surface area is 180 Å². The lowest BCUT2D eigenvalue weighted by atomic mass is 10.2. The minimum Gasteiger partial charge on any atom is -0.338 e. The summed E-state index contributed by atoms with van der Waals surface area (Å²) in [6.07, 6.45) is 1.63. The molecule has 0 saturated carbocycles. The van der Waals surface area contributed by atoms with Crippen molar-refractivity contribution in [2.24, 2.45) is 0 Å². The fraction of sp³-hybridized carbons (Fsp3) is 0.227. The Morgan fingerprint density at radius 2 is 1.61 bits per heavy atom. The number of nitrogens with zero attached hydrogens (tertiary/aromatic N) is 6. The van der Waals surface area contributed by atoms with E-state index >= 15 is 0 Å². The molecule has 3 heterocycles. The molecule has 5 rings (SSSR count). The summed E-state index contributed by atoms with van der Waals surface area (Å²) in [4.78, 5) is 11.5. The molecule has 1 fully saturated rings. The third-order valence-corrected chi connectivity index (χ3v) is 6.95. The fourth-order valence-electron chi connectivity index (χ4n) is 3.81. The van der Waals surface area contributed by atoms with Gasteiger partial charge in [-0.2, -0.15) is 8.82 Å². The first-order chi connectivity index (χ1) is 15.0. The van der Waals surface area contributed by atoms with Gasteiger partial charge in [0.05, 0.1) is 5.52 Å². The third-order valence-electron chi connectivity index (χ3n) is 5.38. The summed E-state index contributed by atoms with van der Waals surface area (Å²) in [5.74, 6) is 1.36. The van der Waals surface area contributed by atoms with Gasteiger partial charge in [0.25, 0.3) is 0 Å². The molecule has 158 valence electrons. The van der Waals surface area contributed by atoms with Gasteiger partial charge in [-0.1, -0.05) is 42.5 Å². The number of para-hydroxylation sites is 1.